The summed E-state index contributed by atoms with van der Waals surface area (Å²) < 4.78 is 24.2. The summed E-state index contributed by atoms with van der Waals surface area (Å²) in [6.45, 7) is 0. The zero-order valence-electron chi connectivity index (χ0n) is 14.0. The van der Waals surface area contributed by atoms with E-state index in [2.05, 4.69) is 0 Å². The Labute approximate surface area is 177 Å². The molecule has 0 amide bonds. The lowest BCUT2D eigenvalue weighted by molar-refractivity contribution is 0.601. The van der Waals surface area contributed by atoms with Crippen molar-refractivity contribution >= 4 is 67.3 Å². The van der Waals surface area contributed by atoms with Crippen LogP contribution in [0.5, 0.6) is 0 Å². The minimum Gasteiger partial charge on any atom is -0.315 e. The third-order valence-electron chi connectivity index (χ3n) is 4.56. The van der Waals surface area contributed by atoms with Crippen LogP contribution in [0.4, 0.5) is 5.69 Å². The van der Waals surface area contributed by atoms with Gasteiger partial charge < -0.3 is 4.90 Å². The number of sulfone groups is 1. The number of hydrogen-bond donors (Lipinski definition) is 0. The van der Waals surface area contributed by atoms with Gasteiger partial charge in [-0.2, -0.15) is 0 Å². The second-order valence-corrected chi connectivity index (χ2v) is 10.9. The van der Waals surface area contributed by atoms with Crippen LogP contribution in [0.1, 0.15) is 5.56 Å². The molecule has 27 heavy (non-hydrogen) atoms. The van der Waals surface area contributed by atoms with Crippen molar-refractivity contribution in [3.05, 3.63) is 63.1 Å². The zero-order valence-corrected chi connectivity index (χ0v) is 17.9. The number of aliphatic imine (C=N–C) groups is 1. The van der Waals surface area contributed by atoms with E-state index >= 15 is 0 Å². The number of amidine groups is 1. The van der Waals surface area contributed by atoms with Gasteiger partial charge in [0, 0.05) is 16.5 Å². The lowest BCUT2D eigenvalue weighted by atomic mass is 10.1. The number of halogens is 3. The SMILES string of the molecule is O=S1(=O)C[C@@H]2N=C(SCc3ccc(Cl)c(Cl)c3)N(c3ccc(Cl)cc3)[C@@H]2C1. The fraction of sp³-hybridized carbons (Fsp3) is 0.278. The van der Waals surface area contributed by atoms with Crippen molar-refractivity contribution < 1.29 is 8.42 Å². The van der Waals surface area contributed by atoms with Crippen molar-refractivity contribution in [2.75, 3.05) is 16.4 Å². The van der Waals surface area contributed by atoms with Gasteiger partial charge in [0.2, 0.25) is 0 Å². The van der Waals surface area contributed by atoms with E-state index in [9.17, 15) is 8.42 Å². The third kappa shape index (κ3) is 4.10. The van der Waals surface area contributed by atoms with Crippen LogP contribution in [0.2, 0.25) is 15.1 Å². The van der Waals surface area contributed by atoms with Crippen LogP contribution < -0.4 is 4.90 Å². The monoisotopic (exact) mass is 460 g/mol. The Hall–Kier alpha value is -0.920. The molecule has 0 unspecified atom stereocenters. The molecule has 1 fully saturated rings. The molecule has 2 aromatic rings. The van der Waals surface area contributed by atoms with Crippen molar-refractivity contribution in [2.45, 2.75) is 17.8 Å². The number of anilines is 1. The van der Waals surface area contributed by atoms with E-state index in [-0.39, 0.29) is 23.6 Å². The lowest BCUT2D eigenvalue weighted by Gasteiger charge is -2.26. The second-order valence-electron chi connectivity index (χ2n) is 6.51. The molecule has 0 radical (unpaired) electrons. The Kier molecular flexibility index (Phi) is 5.38. The number of nitrogens with zero attached hydrogens (tertiary/aromatic N) is 2. The molecule has 142 valence electrons. The van der Waals surface area contributed by atoms with Crippen molar-refractivity contribution in [2.24, 2.45) is 4.99 Å². The van der Waals surface area contributed by atoms with Crippen molar-refractivity contribution in [1.82, 2.24) is 0 Å². The Morgan fingerprint density at radius 2 is 1.78 bits per heavy atom. The molecule has 0 aromatic heterocycles. The zero-order chi connectivity index (χ0) is 19.2. The fourth-order valence-electron chi connectivity index (χ4n) is 3.31. The number of benzene rings is 2. The first-order valence-corrected chi connectivity index (χ1v) is 12.2. The minimum absolute atomic E-state index is 0.0958. The van der Waals surface area contributed by atoms with E-state index < -0.39 is 9.84 Å². The molecule has 0 aliphatic carbocycles. The van der Waals surface area contributed by atoms with Crippen LogP contribution in [-0.4, -0.2) is 37.2 Å². The molecule has 2 atom stereocenters. The predicted octanol–water partition coefficient (Wildman–Crippen LogP) is 4.92. The molecule has 2 aromatic carbocycles. The third-order valence-corrected chi connectivity index (χ3v) is 8.29. The van der Waals surface area contributed by atoms with Gasteiger partial charge in [-0.25, -0.2) is 8.42 Å². The van der Waals surface area contributed by atoms with Crippen LogP contribution >= 0.6 is 46.6 Å². The highest BCUT2D eigenvalue weighted by molar-refractivity contribution is 8.13. The van der Waals surface area contributed by atoms with Gasteiger partial charge in [-0.3, -0.25) is 4.99 Å². The number of fused-ring (bicyclic) bond motifs is 1. The summed E-state index contributed by atoms with van der Waals surface area (Å²) in [7, 11) is -3.07. The summed E-state index contributed by atoms with van der Waals surface area (Å²) in [6, 6.07) is 12.5. The van der Waals surface area contributed by atoms with Crippen LogP contribution in [0.3, 0.4) is 0 Å². The average Bonchev–Trinajstić information content (AvgIpc) is 3.08. The van der Waals surface area contributed by atoms with E-state index in [4.69, 9.17) is 39.8 Å². The van der Waals surface area contributed by atoms with Gasteiger partial charge in [0.15, 0.2) is 15.0 Å². The van der Waals surface area contributed by atoms with Gasteiger partial charge in [0.25, 0.3) is 0 Å². The molecule has 2 aliphatic rings. The summed E-state index contributed by atoms with van der Waals surface area (Å²) in [4.78, 5) is 6.74. The molecule has 4 rings (SSSR count). The molecule has 4 nitrogen and oxygen atoms in total. The van der Waals surface area contributed by atoms with Crippen LogP contribution in [0.25, 0.3) is 0 Å². The lowest BCUT2D eigenvalue weighted by Crippen LogP contribution is -2.39. The normalized spacial score (nSPS) is 23.4. The smallest absolute Gasteiger partial charge is 0.164 e. The standard InChI is InChI=1S/C18H15Cl3N2O2S2/c19-12-2-4-13(5-3-12)23-17-10-27(24,25)9-16(17)22-18(23)26-8-11-1-6-14(20)15(21)7-11/h1-7,16-17H,8-10H2/t16-,17+/m0/s1. The molecular weight excluding hydrogens is 447 g/mol. The maximum absolute atomic E-state index is 12.1. The maximum Gasteiger partial charge on any atom is 0.164 e. The molecule has 9 heteroatoms. The van der Waals surface area contributed by atoms with E-state index in [1.165, 1.54) is 0 Å². The maximum atomic E-state index is 12.1. The molecule has 0 saturated carbocycles. The Balaban J connectivity index is 1.60. The van der Waals surface area contributed by atoms with Gasteiger partial charge in [-0.05, 0) is 42.0 Å². The topological polar surface area (TPSA) is 49.7 Å². The van der Waals surface area contributed by atoms with E-state index in [1.54, 1.807) is 30.0 Å². The Morgan fingerprint density at radius 1 is 1.04 bits per heavy atom. The molecule has 1 saturated heterocycles. The quantitative estimate of drug-likeness (QED) is 0.651. The largest absolute Gasteiger partial charge is 0.315 e. The molecule has 0 spiro atoms. The van der Waals surface area contributed by atoms with E-state index in [1.807, 2.05) is 29.2 Å². The number of hydrogen-bond acceptors (Lipinski definition) is 5. The van der Waals surface area contributed by atoms with Gasteiger partial charge in [0.05, 0.1) is 33.6 Å². The molecule has 0 bridgehead atoms. The average molecular weight is 462 g/mol. The number of thioether (sulfide) groups is 1. The molecule has 0 N–H and O–H groups in total. The van der Waals surface area contributed by atoms with Crippen LogP contribution in [-0.2, 0) is 15.6 Å². The van der Waals surface area contributed by atoms with Crippen molar-refractivity contribution in [1.29, 1.82) is 0 Å². The minimum atomic E-state index is -3.07. The summed E-state index contributed by atoms with van der Waals surface area (Å²) >= 11 is 19.6. The summed E-state index contributed by atoms with van der Waals surface area (Å²) in [6.07, 6.45) is 0. The fourth-order valence-corrected chi connectivity index (χ4v) is 6.67. The highest BCUT2D eigenvalue weighted by Crippen LogP contribution is 2.36. The molecule has 2 heterocycles. The second kappa shape index (κ2) is 7.48. The van der Waals surface area contributed by atoms with Crippen LogP contribution in [0.15, 0.2) is 47.5 Å². The highest BCUT2D eigenvalue weighted by atomic mass is 35.5. The van der Waals surface area contributed by atoms with Crippen molar-refractivity contribution in [3.63, 3.8) is 0 Å². The summed E-state index contributed by atoms with van der Waals surface area (Å²) in [5.41, 5.74) is 1.92. The van der Waals surface area contributed by atoms with Gasteiger partial charge in [0.1, 0.15) is 0 Å². The van der Waals surface area contributed by atoms with Gasteiger partial charge in [-0.1, -0.05) is 52.6 Å². The van der Waals surface area contributed by atoms with Gasteiger partial charge in [-0.15, -0.1) is 0 Å². The van der Waals surface area contributed by atoms with E-state index in [0.717, 1.165) is 16.4 Å². The molecule has 2 aliphatic heterocycles. The summed E-state index contributed by atoms with van der Waals surface area (Å²) in [5.74, 6) is 0.866. The number of rotatable bonds is 3. The first kappa shape index (κ1) is 19.4. The summed E-state index contributed by atoms with van der Waals surface area (Å²) in [5, 5.41) is 2.48. The Morgan fingerprint density at radius 3 is 2.48 bits per heavy atom. The highest BCUT2D eigenvalue weighted by Gasteiger charge is 2.47. The van der Waals surface area contributed by atoms with Crippen molar-refractivity contribution in [3.8, 4) is 0 Å². The van der Waals surface area contributed by atoms with Crippen LogP contribution in [0, 0.1) is 0 Å². The predicted molar refractivity (Wildman–Crippen MR) is 115 cm³/mol. The Bertz CT molecular complexity index is 1010. The first-order valence-electron chi connectivity index (χ1n) is 8.22. The molecular formula is C18H15Cl3N2O2S2. The van der Waals surface area contributed by atoms with Gasteiger partial charge >= 0.3 is 0 Å². The van der Waals surface area contributed by atoms with E-state index in [0.29, 0.717) is 20.8 Å². The first-order chi connectivity index (χ1) is 12.8.